The predicted molar refractivity (Wildman–Crippen MR) is 169 cm³/mol. The number of hydrogen-bond acceptors (Lipinski definition) is 8. The molecule has 3 aliphatic rings. The summed E-state index contributed by atoms with van der Waals surface area (Å²) in [5.74, 6) is 1.65. The number of pyridine rings is 1. The van der Waals surface area contributed by atoms with Crippen LogP contribution in [0.1, 0.15) is 75.3 Å². The van der Waals surface area contributed by atoms with Crippen LogP contribution in [0.4, 0.5) is 0 Å². The topological polar surface area (TPSA) is 121 Å². The minimum Gasteiger partial charge on any atom is -0.496 e. The molecule has 0 radical (unpaired) electrons. The molecule has 1 aliphatic carbocycles. The zero-order valence-electron chi connectivity index (χ0n) is 26.0. The van der Waals surface area contributed by atoms with Gasteiger partial charge >= 0.3 is 0 Å². The summed E-state index contributed by atoms with van der Waals surface area (Å²) in [6.07, 6.45) is 12.2. The van der Waals surface area contributed by atoms with Crippen molar-refractivity contribution in [3.05, 3.63) is 54.4 Å². The summed E-state index contributed by atoms with van der Waals surface area (Å²) < 4.78 is 11.0. The summed E-state index contributed by atoms with van der Waals surface area (Å²) in [6, 6.07) is 7.83. The molecule has 1 spiro atoms. The van der Waals surface area contributed by atoms with Gasteiger partial charge in [0.1, 0.15) is 17.8 Å². The van der Waals surface area contributed by atoms with Gasteiger partial charge in [-0.05, 0) is 70.0 Å². The van der Waals surface area contributed by atoms with Gasteiger partial charge in [-0.3, -0.25) is 14.6 Å². The number of hydrogen-bond donors (Lipinski definition) is 3. The minimum absolute atomic E-state index is 0.0325. The third-order valence-corrected chi connectivity index (χ3v) is 9.55. The van der Waals surface area contributed by atoms with Gasteiger partial charge in [0, 0.05) is 54.3 Å². The molecule has 1 unspecified atom stereocenters. The summed E-state index contributed by atoms with van der Waals surface area (Å²) in [6.45, 7) is 4.27. The SMILES string of the molecule is COc1cc2nc(C)ccc2cc1-c1cnc([C@H](CCCCCC(=O)C2NC=CO2)NC(=O)C2CCC3(CC2)CN(C)C3)[nH]1. The van der Waals surface area contributed by atoms with E-state index in [9.17, 15) is 9.59 Å². The standard InChI is InChI=1S/C34H44N6O4/c1-22-9-10-24-17-25(30(43-3)18-27(24)37-22)28-19-36-31(38-28)26(7-5-4-6-8-29(41)33-35-15-16-44-33)39-32(42)23-11-13-34(14-12-23)20-40(2)21-34/h9-10,15-19,23,26,33,35H,4-8,11-14,20-21H2,1-3H3,(H,36,38)(H,39,42)/t26-,33?/m0/s1. The summed E-state index contributed by atoms with van der Waals surface area (Å²) in [5, 5.41) is 7.29. The largest absolute Gasteiger partial charge is 0.496 e. The third-order valence-electron chi connectivity index (χ3n) is 9.55. The Bertz CT molecular complexity index is 1510. The molecule has 2 aliphatic heterocycles. The molecule has 1 amide bonds. The van der Waals surface area contributed by atoms with Crippen LogP contribution in [0.15, 0.2) is 42.9 Å². The van der Waals surface area contributed by atoms with Gasteiger partial charge in [-0.2, -0.15) is 0 Å². The molecule has 2 atom stereocenters. The minimum atomic E-state index is -0.564. The van der Waals surface area contributed by atoms with Crippen molar-refractivity contribution in [2.75, 3.05) is 27.2 Å². The van der Waals surface area contributed by atoms with Gasteiger partial charge < -0.3 is 30.0 Å². The lowest BCUT2D eigenvalue weighted by atomic mass is 9.66. The molecule has 10 nitrogen and oxygen atoms in total. The Kier molecular flexibility index (Phi) is 8.88. The second-order valence-corrected chi connectivity index (χ2v) is 12.9. The van der Waals surface area contributed by atoms with E-state index in [-0.39, 0.29) is 23.7 Å². The number of rotatable bonds is 12. The third kappa shape index (κ3) is 6.60. The number of carbonyl (C=O) groups excluding carboxylic acids is 2. The number of carbonyl (C=O) groups is 2. The Hall–Kier alpha value is -3.92. The van der Waals surface area contributed by atoms with Crippen molar-refractivity contribution in [3.8, 4) is 17.0 Å². The van der Waals surface area contributed by atoms with Crippen LogP contribution in [-0.2, 0) is 14.3 Å². The summed E-state index contributed by atoms with van der Waals surface area (Å²) in [4.78, 5) is 41.2. The van der Waals surface area contributed by atoms with E-state index in [1.807, 2.05) is 25.3 Å². The fraction of sp³-hybridized carbons (Fsp3) is 0.529. The lowest BCUT2D eigenvalue weighted by Gasteiger charge is -2.52. The van der Waals surface area contributed by atoms with Gasteiger partial charge in [0.05, 0.1) is 30.6 Å². The zero-order chi connectivity index (χ0) is 30.7. The van der Waals surface area contributed by atoms with Gasteiger partial charge in [0.25, 0.3) is 0 Å². The van der Waals surface area contributed by atoms with Crippen LogP contribution >= 0.6 is 0 Å². The Balaban J connectivity index is 1.14. The number of nitrogens with one attached hydrogen (secondary N) is 3. The number of methoxy groups -OCH3 is 1. The number of fused-ring (bicyclic) bond motifs is 1. The van der Waals surface area contributed by atoms with Crippen molar-refractivity contribution in [2.24, 2.45) is 11.3 Å². The number of aromatic nitrogens is 3. The zero-order valence-corrected chi connectivity index (χ0v) is 26.0. The number of unbranched alkanes of at least 4 members (excludes halogenated alkanes) is 2. The first-order valence-corrected chi connectivity index (χ1v) is 15.9. The normalized spacial score (nSPS) is 20.2. The summed E-state index contributed by atoms with van der Waals surface area (Å²) >= 11 is 0. The Morgan fingerprint density at radius 2 is 2.00 bits per heavy atom. The van der Waals surface area contributed by atoms with E-state index in [0.717, 1.165) is 98.1 Å². The highest BCUT2D eigenvalue weighted by Crippen LogP contribution is 2.45. The number of nitrogens with zero attached hydrogens (tertiary/aromatic N) is 3. The molecule has 10 heteroatoms. The van der Waals surface area contributed by atoms with Crippen LogP contribution in [0.2, 0.25) is 0 Å². The van der Waals surface area contributed by atoms with E-state index in [2.05, 4.69) is 44.7 Å². The van der Waals surface area contributed by atoms with E-state index < -0.39 is 6.23 Å². The van der Waals surface area contributed by atoms with Gasteiger partial charge in [0.2, 0.25) is 12.1 Å². The molecule has 6 rings (SSSR count). The molecule has 3 N–H and O–H groups in total. The summed E-state index contributed by atoms with van der Waals surface area (Å²) in [7, 11) is 3.83. The maximum absolute atomic E-state index is 13.6. The number of imidazole rings is 1. The smallest absolute Gasteiger partial charge is 0.228 e. The average molecular weight is 601 g/mol. The first-order valence-electron chi connectivity index (χ1n) is 15.9. The highest BCUT2D eigenvalue weighted by molar-refractivity contribution is 5.87. The Morgan fingerprint density at radius 1 is 1.18 bits per heavy atom. The van der Waals surface area contributed by atoms with E-state index in [0.29, 0.717) is 17.6 Å². The number of ether oxygens (including phenoxy) is 2. The molecule has 0 bridgehead atoms. The van der Waals surface area contributed by atoms with Crippen molar-refractivity contribution in [1.29, 1.82) is 0 Å². The van der Waals surface area contributed by atoms with Crippen LogP contribution in [0.5, 0.6) is 5.75 Å². The number of aryl methyl sites for hydroxylation is 1. The molecule has 2 aromatic heterocycles. The van der Waals surface area contributed by atoms with Crippen LogP contribution in [-0.4, -0.2) is 65.0 Å². The number of likely N-dealkylation sites (tertiary alicyclic amines) is 1. The highest BCUT2D eigenvalue weighted by atomic mass is 16.5. The van der Waals surface area contributed by atoms with Crippen molar-refractivity contribution in [3.63, 3.8) is 0 Å². The number of ketones is 1. The van der Waals surface area contributed by atoms with E-state index >= 15 is 0 Å². The first-order chi connectivity index (χ1) is 21.3. The van der Waals surface area contributed by atoms with Crippen molar-refractivity contribution in [1.82, 2.24) is 30.5 Å². The van der Waals surface area contributed by atoms with Crippen LogP contribution < -0.4 is 15.4 Å². The molecule has 3 aromatic rings. The van der Waals surface area contributed by atoms with E-state index in [4.69, 9.17) is 14.5 Å². The monoisotopic (exact) mass is 600 g/mol. The van der Waals surface area contributed by atoms with E-state index in [1.54, 1.807) is 13.3 Å². The predicted octanol–water partition coefficient (Wildman–Crippen LogP) is 5.16. The second-order valence-electron chi connectivity index (χ2n) is 12.9. The Labute approximate surface area is 259 Å². The van der Waals surface area contributed by atoms with Gasteiger partial charge in [-0.1, -0.05) is 18.9 Å². The lowest BCUT2D eigenvalue weighted by molar-refractivity contribution is -0.129. The molecule has 44 heavy (non-hydrogen) atoms. The number of Topliss-reactive ketones (excluding diaryl/α,β-unsaturated/α-hetero) is 1. The van der Waals surface area contributed by atoms with E-state index in [1.165, 1.54) is 6.26 Å². The highest BCUT2D eigenvalue weighted by Gasteiger charge is 2.44. The summed E-state index contributed by atoms with van der Waals surface area (Å²) in [5.41, 5.74) is 3.97. The molecule has 2 fully saturated rings. The van der Waals surface area contributed by atoms with Crippen LogP contribution in [0.25, 0.3) is 22.2 Å². The van der Waals surface area contributed by atoms with Crippen molar-refractivity contribution >= 4 is 22.6 Å². The van der Waals surface area contributed by atoms with Crippen molar-refractivity contribution in [2.45, 2.75) is 77.0 Å². The fourth-order valence-electron chi connectivity index (χ4n) is 7.17. The molecule has 1 saturated carbocycles. The average Bonchev–Trinajstić information content (AvgIpc) is 3.73. The lowest BCUT2D eigenvalue weighted by Crippen LogP contribution is -2.56. The molecule has 4 heterocycles. The molecular formula is C34H44N6O4. The van der Waals surface area contributed by atoms with Crippen molar-refractivity contribution < 1.29 is 19.1 Å². The molecular weight excluding hydrogens is 556 g/mol. The Morgan fingerprint density at radius 3 is 2.73 bits per heavy atom. The number of H-pyrrole nitrogens is 1. The van der Waals surface area contributed by atoms with Gasteiger partial charge in [-0.25, -0.2) is 4.98 Å². The molecule has 234 valence electrons. The molecule has 1 aromatic carbocycles. The van der Waals surface area contributed by atoms with Crippen LogP contribution in [0, 0.1) is 18.3 Å². The quantitative estimate of drug-likeness (QED) is 0.244. The van der Waals surface area contributed by atoms with Crippen LogP contribution in [0.3, 0.4) is 0 Å². The van der Waals surface area contributed by atoms with Gasteiger partial charge in [0.15, 0.2) is 5.78 Å². The second kappa shape index (κ2) is 13.0. The number of benzene rings is 1. The first kappa shape index (κ1) is 30.1. The molecule has 1 saturated heterocycles. The number of aromatic amines is 1. The fourth-order valence-corrected chi connectivity index (χ4v) is 7.17. The number of amides is 1. The van der Waals surface area contributed by atoms with Gasteiger partial charge in [-0.15, -0.1) is 0 Å². The maximum atomic E-state index is 13.6. The maximum Gasteiger partial charge on any atom is 0.228 e.